The molecule has 0 aliphatic rings. The Morgan fingerprint density at radius 3 is 2.44 bits per heavy atom. The number of nitrogens with two attached hydrogens (primary N) is 1. The van der Waals surface area contributed by atoms with Crippen LogP contribution in [-0.2, 0) is 0 Å². The summed E-state index contributed by atoms with van der Waals surface area (Å²) in [7, 11) is 0. The Morgan fingerprint density at radius 1 is 1.33 bits per heavy atom. The molecule has 0 fully saturated rings. The fraction of sp³-hybridized carbons (Fsp3) is 0.400. The highest BCUT2D eigenvalue weighted by atomic mass is 35.5. The molecule has 1 rings (SSSR count). The zero-order valence-electron chi connectivity index (χ0n) is 9.15. The quantitative estimate of drug-likeness (QED) is 0.793. The molecule has 0 saturated carbocycles. The predicted molar refractivity (Wildman–Crippen MR) is 60.7 cm³/mol. The molecule has 8 heteroatoms. The van der Waals surface area contributed by atoms with Gasteiger partial charge in [-0.25, -0.2) is 0 Å². The van der Waals surface area contributed by atoms with Gasteiger partial charge in [-0.2, -0.15) is 0 Å². The summed E-state index contributed by atoms with van der Waals surface area (Å²) in [5, 5.41) is 18.2. The normalized spacial score (nSPS) is 12.7. The fourth-order valence-corrected chi connectivity index (χ4v) is 1.34. The first kappa shape index (κ1) is 16.8. The second kappa shape index (κ2) is 6.67. The highest BCUT2D eigenvalue weighted by molar-refractivity contribution is 5.85. The Bertz CT molecular complexity index is 387. The van der Waals surface area contributed by atoms with E-state index < -0.39 is 23.9 Å². The number of aliphatic hydroxyl groups is 1. The summed E-state index contributed by atoms with van der Waals surface area (Å²) in [5.74, 6) is -1.37. The Kier molecular flexibility index (Phi) is 6.23. The van der Waals surface area contributed by atoms with Crippen LogP contribution in [-0.4, -0.2) is 23.2 Å². The lowest BCUT2D eigenvalue weighted by Gasteiger charge is -2.16. The number of phenols is 1. The molecule has 104 valence electrons. The highest BCUT2D eigenvalue weighted by Gasteiger charge is 2.32. The minimum absolute atomic E-state index is 0. The molecule has 0 aliphatic carbocycles. The molecule has 1 atom stereocenters. The van der Waals surface area contributed by atoms with Crippen molar-refractivity contribution in [3.05, 3.63) is 23.8 Å². The molecule has 1 aromatic carbocycles. The number of hydrogen-bond donors (Lipinski definition) is 3. The molecule has 18 heavy (non-hydrogen) atoms. The van der Waals surface area contributed by atoms with Gasteiger partial charge < -0.3 is 20.7 Å². The van der Waals surface area contributed by atoms with Crippen LogP contribution in [0.5, 0.6) is 11.5 Å². The number of aromatic hydroxyl groups is 1. The zero-order valence-corrected chi connectivity index (χ0v) is 9.96. The maximum absolute atomic E-state index is 12.0. The van der Waals surface area contributed by atoms with E-state index in [4.69, 9.17) is 10.8 Å². The summed E-state index contributed by atoms with van der Waals surface area (Å²) in [6, 6.07) is 2.89. The second-order valence-corrected chi connectivity index (χ2v) is 3.36. The fourth-order valence-electron chi connectivity index (χ4n) is 1.34. The van der Waals surface area contributed by atoms with E-state index in [1.165, 1.54) is 12.1 Å². The van der Waals surface area contributed by atoms with Gasteiger partial charge in [0.05, 0.1) is 0 Å². The summed E-state index contributed by atoms with van der Waals surface area (Å²) in [4.78, 5) is 0. The standard InChI is InChI=1S/C10H12F3NO3.ClH/c11-10(12,13)17-8-3-1-2-6(9(8)16)7(14)4-5-15;/h1-3,7,15-16H,4-5,14H2;1H/t7-;/m1./s1. The summed E-state index contributed by atoms with van der Waals surface area (Å²) < 4.78 is 39.6. The Morgan fingerprint density at radius 2 is 1.94 bits per heavy atom. The van der Waals surface area contributed by atoms with Gasteiger partial charge in [0.2, 0.25) is 0 Å². The van der Waals surface area contributed by atoms with Crippen molar-refractivity contribution in [2.45, 2.75) is 18.8 Å². The van der Waals surface area contributed by atoms with Gasteiger partial charge in [0.1, 0.15) is 0 Å². The molecular formula is C10H13ClF3NO3. The van der Waals surface area contributed by atoms with E-state index in [1.807, 2.05) is 0 Å². The van der Waals surface area contributed by atoms with Crippen LogP contribution in [0.2, 0.25) is 0 Å². The van der Waals surface area contributed by atoms with E-state index in [0.717, 1.165) is 6.07 Å². The highest BCUT2D eigenvalue weighted by Crippen LogP contribution is 2.36. The van der Waals surface area contributed by atoms with Crippen molar-refractivity contribution in [3.8, 4) is 11.5 Å². The van der Waals surface area contributed by atoms with Crippen molar-refractivity contribution in [1.29, 1.82) is 0 Å². The molecule has 0 unspecified atom stereocenters. The summed E-state index contributed by atoms with van der Waals surface area (Å²) in [5.41, 5.74) is 5.68. The van der Waals surface area contributed by atoms with Crippen LogP contribution in [0.3, 0.4) is 0 Å². The Hall–Kier alpha value is -1.18. The number of aliphatic hydroxyl groups excluding tert-OH is 1. The maximum atomic E-state index is 12.0. The van der Waals surface area contributed by atoms with Crippen molar-refractivity contribution in [2.24, 2.45) is 5.73 Å². The smallest absolute Gasteiger partial charge is 0.504 e. The summed E-state index contributed by atoms with van der Waals surface area (Å²) in [6.07, 6.45) is -4.75. The van der Waals surface area contributed by atoms with E-state index in [9.17, 15) is 18.3 Å². The predicted octanol–water partition coefficient (Wildman–Crippen LogP) is 2.09. The van der Waals surface area contributed by atoms with Gasteiger partial charge >= 0.3 is 6.36 Å². The van der Waals surface area contributed by atoms with Crippen LogP contribution in [0.1, 0.15) is 18.0 Å². The maximum Gasteiger partial charge on any atom is 0.573 e. The number of alkyl halides is 3. The van der Waals surface area contributed by atoms with Crippen molar-refractivity contribution >= 4 is 12.4 Å². The number of hydrogen-bond acceptors (Lipinski definition) is 4. The molecule has 0 aliphatic heterocycles. The van der Waals surface area contributed by atoms with E-state index >= 15 is 0 Å². The molecule has 0 radical (unpaired) electrons. The number of benzene rings is 1. The van der Waals surface area contributed by atoms with Gasteiger partial charge in [-0.1, -0.05) is 12.1 Å². The molecule has 0 saturated heterocycles. The van der Waals surface area contributed by atoms with Gasteiger partial charge in [0.25, 0.3) is 0 Å². The van der Waals surface area contributed by atoms with Crippen LogP contribution < -0.4 is 10.5 Å². The second-order valence-electron chi connectivity index (χ2n) is 3.36. The number of halogens is 4. The third-order valence-electron chi connectivity index (χ3n) is 2.10. The third kappa shape index (κ3) is 4.59. The lowest BCUT2D eigenvalue weighted by Crippen LogP contribution is -2.18. The average Bonchev–Trinajstić information content (AvgIpc) is 2.19. The van der Waals surface area contributed by atoms with Gasteiger partial charge in [0, 0.05) is 18.2 Å². The lowest BCUT2D eigenvalue weighted by atomic mass is 10.0. The van der Waals surface area contributed by atoms with Crippen LogP contribution in [0, 0.1) is 0 Å². The van der Waals surface area contributed by atoms with Crippen LogP contribution in [0.4, 0.5) is 13.2 Å². The minimum Gasteiger partial charge on any atom is -0.504 e. The molecule has 1 aromatic rings. The average molecular weight is 288 g/mol. The molecule has 0 heterocycles. The van der Waals surface area contributed by atoms with Crippen molar-refractivity contribution in [3.63, 3.8) is 0 Å². The summed E-state index contributed by atoms with van der Waals surface area (Å²) in [6.45, 7) is -0.231. The molecule has 0 amide bonds. The SMILES string of the molecule is Cl.N[C@H](CCO)c1cccc(OC(F)(F)F)c1O. The van der Waals surface area contributed by atoms with Crippen molar-refractivity contribution in [1.82, 2.24) is 0 Å². The Labute approximate surface area is 108 Å². The molecule has 0 spiro atoms. The number of phenolic OH excluding ortho intramolecular Hbond substituents is 1. The first-order valence-electron chi connectivity index (χ1n) is 4.79. The monoisotopic (exact) mass is 287 g/mol. The third-order valence-corrected chi connectivity index (χ3v) is 2.10. The van der Waals surface area contributed by atoms with Crippen molar-refractivity contribution < 1.29 is 28.1 Å². The van der Waals surface area contributed by atoms with Crippen LogP contribution in [0.25, 0.3) is 0 Å². The molecule has 4 N–H and O–H groups in total. The zero-order chi connectivity index (χ0) is 13.1. The van der Waals surface area contributed by atoms with E-state index in [2.05, 4.69) is 4.74 Å². The molecule has 4 nitrogen and oxygen atoms in total. The first-order valence-corrected chi connectivity index (χ1v) is 4.79. The number of ether oxygens (including phenoxy) is 1. The van der Waals surface area contributed by atoms with Gasteiger partial charge in [-0.15, -0.1) is 25.6 Å². The van der Waals surface area contributed by atoms with E-state index in [0.29, 0.717) is 0 Å². The number of para-hydroxylation sites is 1. The minimum atomic E-state index is -4.88. The van der Waals surface area contributed by atoms with Gasteiger partial charge in [-0.3, -0.25) is 0 Å². The van der Waals surface area contributed by atoms with E-state index in [1.54, 1.807) is 0 Å². The van der Waals surface area contributed by atoms with Crippen molar-refractivity contribution in [2.75, 3.05) is 6.61 Å². The topological polar surface area (TPSA) is 75.7 Å². The molecular weight excluding hydrogens is 275 g/mol. The van der Waals surface area contributed by atoms with Gasteiger partial charge in [0.15, 0.2) is 11.5 Å². The summed E-state index contributed by atoms with van der Waals surface area (Å²) >= 11 is 0. The Balaban J connectivity index is 0.00000289. The molecule has 0 aromatic heterocycles. The van der Waals surface area contributed by atoms with Gasteiger partial charge in [-0.05, 0) is 12.5 Å². The number of rotatable bonds is 4. The largest absolute Gasteiger partial charge is 0.573 e. The van der Waals surface area contributed by atoms with E-state index in [-0.39, 0.29) is 31.0 Å². The lowest BCUT2D eigenvalue weighted by molar-refractivity contribution is -0.275. The van der Waals surface area contributed by atoms with Crippen LogP contribution in [0.15, 0.2) is 18.2 Å². The first-order chi connectivity index (χ1) is 7.85. The van der Waals surface area contributed by atoms with Crippen LogP contribution >= 0.6 is 12.4 Å². The molecule has 0 bridgehead atoms.